The predicted octanol–water partition coefficient (Wildman–Crippen LogP) is 2.38. The molecule has 0 radical (unpaired) electrons. The van der Waals surface area contributed by atoms with Crippen LogP contribution in [-0.2, 0) is 4.79 Å². The lowest BCUT2D eigenvalue weighted by atomic mass is 10.2. The van der Waals surface area contributed by atoms with E-state index in [4.69, 9.17) is 0 Å². The van der Waals surface area contributed by atoms with Gasteiger partial charge in [0.15, 0.2) is 0 Å². The van der Waals surface area contributed by atoms with Gasteiger partial charge >= 0.3 is 0 Å². The normalized spacial score (nSPS) is 10.6. The zero-order valence-electron chi connectivity index (χ0n) is 11.6. The van der Waals surface area contributed by atoms with Crippen LogP contribution < -0.4 is 10.4 Å². The number of nitro benzene ring substituents is 1. The van der Waals surface area contributed by atoms with Crippen LogP contribution in [0.5, 0.6) is 5.75 Å². The molecule has 0 aliphatic rings. The molecule has 0 atom stereocenters. The first-order valence-corrected chi connectivity index (χ1v) is 6.33. The molecule has 0 aliphatic carbocycles. The SMILES string of the molecule is CC(=O)Nc1cccc(N=Cc2cc([N+](=O)[O-])ccc2[O-])c1. The molecule has 0 aliphatic heterocycles. The Kier molecular flexibility index (Phi) is 4.47. The van der Waals surface area contributed by atoms with E-state index < -0.39 is 4.92 Å². The van der Waals surface area contributed by atoms with E-state index in [2.05, 4.69) is 10.3 Å². The van der Waals surface area contributed by atoms with Crippen molar-refractivity contribution in [1.82, 2.24) is 0 Å². The number of aliphatic imine (C=N–C) groups is 1. The molecule has 2 aromatic carbocycles. The molecule has 1 N–H and O–H groups in total. The molecule has 7 nitrogen and oxygen atoms in total. The molecule has 0 saturated carbocycles. The summed E-state index contributed by atoms with van der Waals surface area (Å²) in [5, 5.41) is 25.0. The summed E-state index contributed by atoms with van der Waals surface area (Å²) in [4.78, 5) is 25.2. The average Bonchev–Trinajstić information content (AvgIpc) is 2.46. The molecule has 0 spiro atoms. The molecule has 22 heavy (non-hydrogen) atoms. The number of nitrogens with zero attached hydrogens (tertiary/aromatic N) is 2. The van der Waals surface area contributed by atoms with E-state index in [1.54, 1.807) is 24.3 Å². The third-order valence-corrected chi connectivity index (χ3v) is 2.72. The highest BCUT2D eigenvalue weighted by Gasteiger charge is 2.05. The second-order valence-electron chi connectivity index (χ2n) is 4.47. The van der Waals surface area contributed by atoms with Crippen LogP contribution in [0.4, 0.5) is 17.1 Å². The van der Waals surface area contributed by atoms with E-state index in [0.29, 0.717) is 11.4 Å². The van der Waals surface area contributed by atoms with Gasteiger partial charge in [0.2, 0.25) is 5.91 Å². The van der Waals surface area contributed by atoms with Crippen molar-refractivity contribution < 1.29 is 14.8 Å². The van der Waals surface area contributed by atoms with E-state index in [0.717, 1.165) is 12.1 Å². The van der Waals surface area contributed by atoms with Gasteiger partial charge in [0.05, 0.1) is 10.6 Å². The van der Waals surface area contributed by atoms with Crippen LogP contribution in [0.25, 0.3) is 0 Å². The lowest BCUT2D eigenvalue weighted by Gasteiger charge is -2.08. The Labute approximate surface area is 126 Å². The molecule has 0 bridgehead atoms. The molecule has 1 amide bonds. The van der Waals surface area contributed by atoms with Crippen molar-refractivity contribution in [1.29, 1.82) is 0 Å². The topological polar surface area (TPSA) is 108 Å². The minimum atomic E-state index is -0.575. The van der Waals surface area contributed by atoms with Crippen LogP contribution in [-0.4, -0.2) is 17.0 Å². The minimum absolute atomic E-state index is 0.124. The molecular weight excluding hydrogens is 286 g/mol. The van der Waals surface area contributed by atoms with Crippen LogP contribution in [0.3, 0.4) is 0 Å². The summed E-state index contributed by atoms with van der Waals surface area (Å²) >= 11 is 0. The highest BCUT2D eigenvalue weighted by Crippen LogP contribution is 2.21. The first kappa shape index (κ1) is 15.2. The van der Waals surface area contributed by atoms with Gasteiger partial charge in [0.25, 0.3) is 5.69 Å². The molecule has 0 unspecified atom stereocenters. The summed E-state index contributed by atoms with van der Waals surface area (Å²) in [6.45, 7) is 1.39. The van der Waals surface area contributed by atoms with E-state index in [-0.39, 0.29) is 22.9 Å². The number of carbonyl (C=O) groups excluding carboxylic acids is 1. The number of hydrogen-bond acceptors (Lipinski definition) is 5. The summed E-state index contributed by atoms with van der Waals surface area (Å²) in [7, 11) is 0. The molecule has 2 aromatic rings. The number of amides is 1. The number of nitro groups is 1. The van der Waals surface area contributed by atoms with Gasteiger partial charge in [-0.1, -0.05) is 17.9 Å². The van der Waals surface area contributed by atoms with Gasteiger partial charge in [-0.3, -0.25) is 19.9 Å². The standard InChI is InChI=1S/C15H13N3O4/c1-10(19)17-13-4-2-3-12(8-13)16-9-11-7-14(18(21)22)5-6-15(11)20/h2-9,20H,1H3,(H,17,19)/p-1. The monoisotopic (exact) mass is 298 g/mol. The maximum absolute atomic E-state index is 11.7. The Balaban J connectivity index is 2.26. The van der Waals surface area contributed by atoms with Crippen LogP contribution in [0.15, 0.2) is 47.5 Å². The molecule has 0 saturated heterocycles. The van der Waals surface area contributed by atoms with Gasteiger partial charge in [0.1, 0.15) is 0 Å². The lowest BCUT2D eigenvalue weighted by Crippen LogP contribution is -2.05. The van der Waals surface area contributed by atoms with Crippen molar-refractivity contribution in [2.75, 3.05) is 5.32 Å². The fourth-order valence-electron chi connectivity index (χ4n) is 1.76. The Morgan fingerprint density at radius 1 is 1.27 bits per heavy atom. The third kappa shape index (κ3) is 3.89. The maximum atomic E-state index is 11.7. The van der Waals surface area contributed by atoms with Crippen molar-refractivity contribution in [3.05, 3.63) is 58.1 Å². The van der Waals surface area contributed by atoms with Crippen molar-refractivity contribution in [3.63, 3.8) is 0 Å². The first-order valence-electron chi connectivity index (χ1n) is 6.33. The van der Waals surface area contributed by atoms with Gasteiger partial charge in [-0.25, -0.2) is 0 Å². The summed E-state index contributed by atoms with van der Waals surface area (Å²) in [6, 6.07) is 10.2. The maximum Gasteiger partial charge on any atom is 0.270 e. The molecule has 2 rings (SSSR count). The quantitative estimate of drug-likeness (QED) is 0.531. The minimum Gasteiger partial charge on any atom is -0.872 e. The predicted molar refractivity (Wildman–Crippen MR) is 80.5 cm³/mol. The Morgan fingerprint density at radius 2 is 2.05 bits per heavy atom. The highest BCUT2D eigenvalue weighted by molar-refractivity contribution is 5.90. The van der Waals surface area contributed by atoms with Gasteiger partial charge in [-0.2, -0.15) is 0 Å². The Bertz CT molecular complexity index is 756. The smallest absolute Gasteiger partial charge is 0.270 e. The van der Waals surface area contributed by atoms with E-state index in [9.17, 15) is 20.0 Å². The van der Waals surface area contributed by atoms with Gasteiger partial charge in [0, 0.05) is 31.0 Å². The third-order valence-electron chi connectivity index (χ3n) is 2.72. The van der Waals surface area contributed by atoms with Gasteiger partial charge in [-0.15, -0.1) is 0 Å². The molecular formula is C15H12N3O4-. The first-order chi connectivity index (χ1) is 10.5. The van der Waals surface area contributed by atoms with Gasteiger partial charge in [-0.05, 0) is 23.8 Å². The summed E-state index contributed by atoms with van der Waals surface area (Å²) in [5.74, 6) is -0.561. The fourth-order valence-corrected chi connectivity index (χ4v) is 1.76. The number of rotatable bonds is 4. The average molecular weight is 298 g/mol. The fraction of sp³-hybridized carbons (Fsp3) is 0.0667. The van der Waals surface area contributed by atoms with Crippen molar-refractivity contribution in [2.24, 2.45) is 4.99 Å². The number of benzene rings is 2. The molecule has 0 fully saturated rings. The van der Waals surface area contributed by atoms with Crippen LogP contribution in [0.2, 0.25) is 0 Å². The van der Waals surface area contributed by atoms with Crippen molar-refractivity contribution >= 4 is 29.2 Å². The summed E-state index contributed by atoms with van der Waals surface area (Å²) in [6.07, 6.45) is 1.27. The zero-order chi connectivity index (χ0) is 16.1. The largest absolute Gasteiger partial charge is 0.872 e. The van der Waals surface area contributed by atoms with Crippen LogP contribution in [0, 0.1) is 10.1 Å². The molecule has 7 heteroatoms. The number of hydrogen-bond donors (Lipinski definition) is 1. The van der Waals surface area contributed by atoms with Crippen molar-refractivity contribution in [3.8, 4) is 5.75 Å². The second-order valence-corrected chi connectivity index (χ2v) is 4.47. The molecule has 0 aromatic heterocycles. The number of nitrogens with one attached hydrogen (secondary N) is 1. The molecule has 0 heterocycles. The highest BCUT2D eigenvalue weighted by atomic mass is 16.6. The van der Waals surface area contributed by atoms with E-state index >= 15 is 0 Å². The Morgan fingerprint density at radius 3 is 2.73 bits per heavy atom. The zero-order valence-corrected chi connectivity index (χ0v) is 11.6. The number of anilines is 1. The lowest BCUT2D eigenvalue weighted by molar-refractivity contribution is -0.385. The van der Waals surface area contributed by atoms with Crippen molar-refractivity contribution in [2.45, 2.75) is 6.92 Å². The summed E-state index contributed by atoms with van der Waals surface area (Å²) in [5.41, 5.74) is 1.04. The van der Waals surface area contributed by atoms with Crippen LogP contribution >= 0.6 is 0 Å². The number of non-ortho nitro benzene ring substituents is 1. The summed E-state index contributed by atoms with van der Waals surface area (Å²) < 4.78 is 0. The molecule has 112 valence electrons. The van der Waals surface area contributed by atoms with E-state index in [1.165, 1.54) is 19.2 Å². The second kappa shape index (κ2) is 6.49. The Hall–Kier alpha value is -3.22. The van der Waals surface area contributed by atoms with E-state index in [1.807, 2.05) is 0 Å². The van der Waals surface area contributed by atoms with Crippen LogP contribution in [0.1, 0.15) is 12.5 Å². The van der Waals surface area contributed by atoms with Gasteiger partial charge < -0.3 is 10.4 Å². The number of carbonyl (C=O) groups is 1.